The summed E-state index contributed by atoms with van der Waals surface area (Å²) in [7, 11) is 2.12. The van der Waals surface area contributed by atoms with E-state index in [9.17, 15) is 4.79 Å². The van der Waals surface area contributed by atoms with Gasteiger partial charge in [0.1, 0.15) is 6.61 Å². The first-order chi connectivity index (χ1) is 11.2. The molecule has 0 bridgehead atoms. The quantitative estimate of drug-likeness (QED) is 0.792. The lowest BCUT2D eigenvalue weighted by atomic mass is 10.1. The Kier molecular flexibility index (Phi) is 5.40. The largest absolute Gasteiger partial charge is 0.368 e. The van der Waals surface area contributed by atoms with Crippen LogP contribution in [0.25, 0.3) is 0 Å². The first-order valence-electron chi connectivity index (χ1n) is 8.32. The number of carbonyl (C=O) groups excluding carboxylic acids is 1. The summed E-state index contributed by atoms with van der Waals surface area (Å²) in [6, 6.07) is 1.81. The maximum Gasteiger partial charge on any atom is 0.248 e. The van der Waals surface area contributed by atoms with Gasteiger partial charge in [0.15, 0.2) is 0 Å². The van der Waals surface area contributed by atoms with Crippen LogP contribution in [0.3, 0.4) is 0 Å². The van der Waals surface area contributed by atoms with E-state index in [2.05, 4.69) is 26.8 Å². The van der Waals surface area contributed by atoms with Crippen molar-refractivity contribution in [2.45, 2.75) is 18.9 Å². The number of hydrogen-bond acceptors (Lipinski definition) is 6. The molecule has 23 heavy (non-hydrogen) atoms. The second-order valence-corrected chi connectivity index (χ2v) is 6.23. The molecule has 0 aromatic carbocycles. The van der Waals surface area contributed by atoms with Crippen LogP contribution in [0.15, 0.2) is 18.5 Å². The standard InChI is InChI=1S/C16H25N5O2/c1-19-7-3-14(4-8-19)23-13-15(22)20-9-11-21(12-10-20)16-17-5-2-6-18-16/h2,5-6,14H,3-4,7-13H2,1H3. The van der Waals surface area contributed by atoms with Crippen LogP contribution >= 0.6 is 0 Å². The van der Waals surface area contributed by atoms with Crippen LogP contribution in [0.5, 0.6) is 0 Å². The third-order valence-corrected chi connectivity index (χ3v) is 4.58. The number of nitrogens with zero attached hydrogens (tertiary/aromatic N) is 5. The third-order valence-electron chi connectivity index (χ3n) is 4.58. The molecule has 0 unspecified atom stereocenters. The highest BCUT2D eigenvalue weighted by Crippen LogP contribution is 2.13. The van der Waals surface area contributed by atoms with Crippen LogP contribution in [-0.4, -0.2) is 84.7 Å². The van der Waals surface area contributed by atoms with Crippen molar-refractivity contribution >= 4 is 11.9 Å². The van der Waals surface area contributed by atoms with Gasteiger partial charge in [0.2, 0.25) is 11.9 Å². The number of carbonyl (C=O) groups is 1. The van der Waals surface area contributed by atoms with Crippen molar-refractivity contribution in [1.29, 1.82) is 0 Å². The van der Waals surface area contributed by atoms with Crippen LogP contribution in [-0.2, 0) is 9.53 Å². The highest BCUT2D eigenvalue weighted by Gasteiger charge is 2.24. The van der Waals surface area contributed by atoms with E-state index in [0.717, 1.165) is 45.0 Å². The van der Waals surface area contributed by atoms with Gasteiger partial charge in [-0.1, -0.05) is 0 Å². The molecular formula is C16H25N5O2. The Bertz CT molecular complexity index is 496. The fraction of sp³-hybridized carbons (Fsp3) is 0.688. The molecule has 126 valence electrons. The van der Waals surface area contributed by atoms with E-state index < -0.39 is 0 Å². The van der Waals surface area contributed by atoms with E-state index in [1.165, 1.54) is 0 Å². The van der Waals surface area contributed by atoms with E-state index >= 15 is 0 Å². The predicted octanol–water partition coefficient (Wildman–Crippen LogP) is 0.236. The molecule has 3 heterocycles. The minimum absolute atomic E-state index is 0.0950. The topological polar surface area (TPSA) is 61.8 Å². The van der Waals surface area contributed by atoms with E-state index in [1.807, 2.05) is 11.0 Å². The third kappa shape index (κ3) is 4.39. The SMILES string of the molecule is CN1CCC(OCC(=O)N2CCN(c3ncccn3)CC2)CC1. The smallest absolute Gasteiger partial charge is 0.248 e. The van der Waals surface area contributed by atoms with E-state index in [4.69, 9.17) is 4.74 Å². The van der Waals surface area contributed by atoms with E-state index in [0.29, 0.717) is 13.1 Å². The van der Waals surface area contributed by atoms with Crippen molar-refractivity contribution < 1.29 is 9.53 Å². The highest BCUT2D eigenvalue weighted by atomic mass is 16.5. The monoisotopic (exact) mass is 319 g/mol. The zero-order chi connectivity index (χ0) is 16.1. The molecule has 0 saturated carbocycles. The van der Waals surface area contributed by atoms with Gasteiger partial charge >= 0.3 is 0 Å². The Morgan fingerprint density at radius 2 is 1.78 bits per heavy atom. The molecule has 0 spiro atoms. The molecule has 0 N–H and O–H groups in total. The van der Waals surface area contributed by atoms with Crippen molar-refractivity contribution in [3.63, 3.8) is 0 Å². The zero-order valence-corrected chi connectivity index (χ0v) is 13.7. The van der Waals surface area contributed by atoms with Crippen molar-refractivity contribution in [1.82, 2.24) is 19.8 Å². The van der Waals surface area contributed by atoms with Crippen LogP contribution in [0.4, 0.5) is 5.95 Å². The number of ether oxygens (including phenoxy) is 1. The van der Waals surface area contributed by atoms with Gasteiger partial charge in [0.05, 0.1) is 6.10 Å². The molecule has 0 aliphatic carbocycles. The average molecular weight is 319 g/mol. The highest BCUT2D eigenvalue weighted by molar-refractivity contribution is 5.77. The van der Waals surface area contributed by atoms with Crippen LogP contribution in [0.1, 0.15) is 12.8 Å². The molecule has 0 atom stereocenters. The normalized spacial score (nSPS) is 20.7. The Balaban J connectivity index is 1.40. The second kappa shape index (κ2) is 7.70. The van der Waals surface area contributed by atoms with Gasteiger partial charge in [-0.05, 0) is 26.0 Å². The Morgan fingerprint density at radius 3 is 2.43 bits per heavy atom. The number of piperidine rings is 1. The van der Waals surface area contributed by atoms with Crippen LogP contribution in [0, 0.1) is 0 Å². The van der Waals surface area contributed by atoms with Gasteiger partial charge in [-0.15, -0.1) is 0 Å². The molecule has 1 aromatic heterocycles. The summed E-state index contributed by atoms with van der Waals surface area (Å²) in [6.45, 7) is 5.25. The summed E-state index contributed by atoms with van der Waals surface area (Å²) < 4.78 is 5.80. The lowest BCUT2D eigenvalue weighted by Crippen LogP contribution is -2.50. The van der Waals surface area contributed by atoms with Gasteiger partial charge in [0.25, 0.3) is 0 Å². The maximum absolute atomic E-state index is 12.3. The fourth-order valence-electron chi connectivity index (χ4n) is 3.04. The van der Waals surface area contributed by atoms with Gasteiger partial charge in [-0.2, -0.15) is 0 Å². The number of amides is 1. The number of hydrogen-bond donors (Lipinski definition) is 0. The predicted molar refractivity (Wildman–Crippen MR) is 87.3 cm³/mol. The summed E-state index contributed by atoms with van der Waals surface area (Å²) in [6.07, 6.45) is 5.75. The number of likely N-dealkylation sites (tertiary alicyclic amines) is 1. The van der Waals surface area contributed by atoms with Gasteiger partial charge in [-0.3, -0.25) is 4.79 Å². The molecule has 7 nitrogen and oxygen atoms in total. The molecule has 2 aliphatic heterocycles. The minimum atomic E-state index is 0.0950. The second-order valence-electron chi connectivity index (χ2n) is 6.23. The summed E-state index contributed by atoms with van der Waals surface area (Å²) in [5, 5.41) is 0. The van der Waals surface area contributed by atoms with Gasteiger partial charge in [0, 0.05) is 51.7 Å². The lowest BCUT2D eigenvalue weighted by Gasteiger charge is -2.35. The summed E-state index contributed by atoms with van der Waals surface area (Å²) in [5.74, 6) is 0.833. The number of piperazine rings is 1. The van der Waals surface area contributed by atoms with E-state index in [1.54, 1.807) is 12.4 Å². The Morgan fingerprint density at radius 1 is 1.13 bits per heavy atom. The van der Waals surface area contributed by atoms with Crippen molar-refractivity contribution in [3.8, 4) is 0 Å². The molecule has 7 heteroatoms. The summed E-state index contributed by atoms with van der Waals surface area (Å²) in [5.41, 5.74) is 0. The molecule has 2 fully saturated rings. The first kappa shape index (κ1) is 16.1. The van der Waals surface area contributed by atoms with Crippen molar-refractivity contribution in [3.05, 3.63) is 18.5 Å². The molecule has 2 aliphatic rings. The molecular weight excluding hydrogens is 294 g/mol. The molecule has 3 rings (SSSR count). The van der Waals surface area contributed by atoms with E-state index in [-0.39, 0.29) is 18.6 Å². The molecule has 0 radical (unpaired) electrons. The van der Waals surface area contributed by atoms with Crippen molar-refractivity contribution in [2.24, 2.45) is 0 Å². The van der Waals surface area contributed by atoms with Crippen LogP contribution in [0.2, 0.25) is 0 Å². The van der Waals surface area contributed by atoms with Gasteiger partial charge < -0.3 is 19.4 Å². The average Bonchev–Trinajstić information content (AvgIpc) is 2.62. The molecule has 1 aromatic rings. The fourth-order valence-corrected chi connectivity index (χ4v) is 3.04. The lowest BCUT2D eigenvalue weighted by molar-refractivity contribution is -0.139. The number of anilines is 1. The molecule has 2 saturated heterocycles. The minimum Gasteiger partial charge on any atom is -0.368 e. The molecule has 1 amide bonds. The number of aromatic nitrogens is 2. The maximum atomic E-state index is 12.3. The van der Waals surface area contributed by atoms with Crippen molar-refractivity contribution in [2.75, 3.05) is 57.8 Å². The first-order valence-corrected chi connectivity index (χ1v) is 8.32. The Hall–Kier alpha value is -1.73. The van der Waals surface area contributed by atoms with Gasteiger partial charge in [-0.25, -0.2) is 9.97 Å². The van der Waals surface area contributed by atoms with Crippen LogP contribution < -0.4 is 4.90 Å². The number of rotatable bonds is 4. The summed E-state index contributed by atoms with van der Waals surface area (Å²) >= 11 is 0. The Labute approximate surface area is 137 Å². The summed E-state index contributed by atoms with van der Waals surface area (Å²) in [4.78, 5) is 27.1. The zero-order valence-electron chi connectivity index (χ0n) is 13.7.